The molecule has 7 heteroatoms. The van der Waals surface area contributed by atoms with E-state index in [1.807, 2.05) is 32.0 Å². The molecule has 1 saturated heterocycles. The average Bonchev–Trinajstić information content (AvgIpc) is 2.95. The quantitative estimate of drug-likeness (QED) is 0.688. The number of benzene rings is 2. The predicted octanol–water partition coefficient (Wildman–Crippen LogP) is 4.79. The lowest BCUT2D eigenvalue weighted by atomic mass is 10.1. The fourth-order valence-electron chi connectivity index (χ4n) is 2.94. The Hall–Kier alpha value is -3.06. The first kappa shape index (κ1) is 20.7. The van der Waals surface area contributed by atoms with Gasteiger partial charge in [-0.2, -0.15) is 0 Å². The van der Waals surface area contributed by atoms with Crippen molar-refractivity contribution in [2.24, 2.45) is 0 Å². The van der Waals surface area contributed by atoms with Crippen LogP contribution in [-0.4, -0.2) is 28.3 Å². The van der Waals surface area contributed by atoms with Crippen molar-refractivity contribution >= 4 is 40.6 Å². The number of aliphatic carboxylic acids is 1. The number of aryl methyl sites for hydroxylation is 2. The van der Waals surface area contributed by atoms with Crippen molar-refractivity contribution in [2.75, 3.05) is 4.90 Å². The molecule has 150 valence electrons. The summed E-state index contributed by atoms with van der Waals surface area (Å²) in [7, 11) is 0. The van der Waals surface area contributed by atoms with Gasteiger partial charge in [-0.05, 0) is 73.0 Å². The van der Waals surface area contributed by atoms with Gasteiger partial charge in [0.05, 0.1) is 10.6 Å². The number of ether oxygens (including phenoxy) is 1. The Balaban J connectivity index is 1.87. The van der Waals surface area contributed by atoms with Gasteiger partial charge in [0.2, 0.25) is 0 Å². The summed E-state index contributed by atoms with van der Waals surface area (Å²) in [4.78, 5) is 38.1. The number of rotatable bonds is 6. The number of carbonyl (C=O) groups is 3. The minimum absolute atomic E-state index is 0.304. The fraction of sp³-hybridized carbons (Fsp3) is 0.227. The molecule has 2 amide bonds. The topological polar surface area (TPSA) is 83.9 Å². The van der Waals surface area contributed by atoms with Crippen molar-refractivity contribution < 1.29 is 24.2 Å². The fourth-order valence-corrected chi connectivity index (χ4v) is 3.77. The highest BCUT2D eigenvalue weighted by Gasteiger charge is 2.37. The second-order valence-corrected chi connectivity index (χ2v) is 7.73. The lowest BCUT2D eigenvalue weighted by Gasteiger charge is -2.16. The summed E-state index contributed by atoms with van der Waals surface area (Å²) in [5, 5.41) is 8.80. The van der Waals surface area contributed by atoms with Gasteiger partial charge in [0.15, 0.2) is 6.10 Å². The molecule has 0 aromatic heterocycles. The number of carboxylic acid groups (broad SMARTS) is 1. The summed E-state index contributed by atoms with van der Waals surface area (Å²) in [5.41, 5.74) is 3.03. The van der Waals surface area contributed by atoms with Crippen LogP contribution in [0.15, 0.2) is 47.4 Å². The van der Waals surface area contributed by atoms with E-state index in [0.29, 0.717) is 28.3 Å². The van der Waals surface area contributed by atoms with Crippen molar-refractivity contribution in [3.8, 4) is 5.75 Å². The summed E-state index contributed by atoms with van der Waals surface area (Å²) in [5.74, 6) is -1.02. The zero-order valence-corrected chi connectivity index (χ0v) is 17.2. The van der Waals surface area contributed by atoms with Crippen LogP contribution in [0.2, 0.25) is 0 Å². The van der Waals surface area contributed by atoms with Crippen LogP contribution in [-0.2, 0) is 9.59 Å². The number of carboxylic acids is 1. The molecule has 1 aliphatic heterocycles. The van der Waals surface area contributed by atoms with Crippen molar-refractivity contribution in [3.05, 3.63) is 64.1 Å². The number of thioether (sulfide) groups is 1. The van der Waals surface area contributed by atoms with E-state index in [-0.39, 0.29) is 11.1 Å². The van der Waals surface area contributed by atoms with Gasteiger partial charge in [0.25, 0.3) is 11.1 Å². The first-order valence-corrected chi connectivity index (χ1v) is 9.96. The van der Waals surface area contributed by atoms with Crippen LogP contribution in [0.5, 0.6) is 5.75 Å². The minimum Gasteiger partial charge on any atom is -0.479 e. The Morgan fingerprint density at radius 1 is 1.21 bits per heavy atom. The second kappa shape index (κ2) is 8.53. The largest absolute Gasteiger partial charge is 0.479 e. The lowest BCUT2D eigenvalue weighted by Crippen LogP contribution is -2.28. The maximum Gasteiger partial charge on any atom is 0.344 e. The number of carbonyl (C=O) groups excluding carboxylic acids is 2. The molecular weight excluding hydrogens is 390 g/mol. The highest BCUT2D eigenvalue weighted by Crippen LogP contribution is 2.37. The van der Waals surface area contributed by atoms with Gasteiger partial charge in [0, 0.05) is 0 Å². The van der Waals surface area contributed by atoms with Crippen molar-refractivity contribution in [3.63, 3.8) is 0 Å². The molecule has 1 heterocycles. The standard InChI is InChI=1S/C22H21NO5S/c1-4-18(21(25)26)28-16-7-5-6-15(11-16)12-19-20(24)23(22(27)29-19)17-10-13(2)8-9-14(17)3/h5-12,18H,4H2,1-3H3,(H,25,26)/b19-12+. The van der Waals surface area contributed by atoms with E-state index < -0.39 is 12.1 Å². The van der Waals surface area contributed by atoms with Crippen molar-refractivity contribution in [1.29, 1.82) is 0 Å². The Kier molecular flexibility index (Phi) is 6.08. The molecule has 1 aliphatic rings. The third-order valence-electron chi connectivity index (χ3n) is 4.48. The van der Waals surface area contributed by atoms with E-state index in [1.165, 1.54) is 4.90 Å². The normalized spacial score (nSPS) is 16.4. The molecule has 1 atom stereocenters. The molecule has 1 unspecified atom stereocenters. The maximum absolute atomic E-state index is 12.9. The van der Waals surface area contributed by atoms with Crippen LogP contribution in [0.1, 0.15) is 30.0 Å². The molecule has 1 N–H and O–H groups in total. The Morgan fingerprint density at radius 3 is 2.66 bits per heavy atom. The third-order valence-corrected chi connectivity index (χ3v) is 5.35. The van der Waals surface area contributed by atoms with E-state index in [9.17, 15) is 14.4 Å². The van der Waals surface area contributed by atoms with E-state index in [0.717, 1.165) is 22.9 Å². The van der Waals surface area contributed by atoms with Crippen LogP contribution >= 0.6 is 11.8 Å². The summed E-state index contributed by atoms with van der Waals surface area (Å²) in [6, 6.07) is 12.4. The molecule has 1 fully saturated rings. The van der Waals surface area contributed by atoms with Gasteiger partial charge in [0.1, 0.15) is 5.75 Å². The van der Waals surface area contributed by atoms with E-state index in [1.54, 1.807) is 37.3 Å². The molecule has 0 radical (unpaired) electrons. The predicted molar refractivity (Wildman–Crippen MR) is 113 cm³/mol. The first-order valence-electron chi connectivity index (χ1n) is 9.15. The van der Waals surface area contributed by atoms with Gasteiger partial charge in [-0.15, -0.1) is 0 Å². The van der Waals surface area contributed by atoms with Gasteiger partial charge in [-0.1, -0.05) is 31.2 Å². The zero-order valence-electron chi connectivity index (χ0n) is 16.3. The molecule has 3 rings (SSSR count). The number of amides is 2. The van der Waals surface area contributed by atoms with E-state index in [4.69, 9.17) is 9.84 Å². The van der Waals surface area contributed by atoms with Gasteiger partial charge >= 0.3 is 5.97 Å². The number of hydrogen-bond acceptors (Lipinski definition) is 5. The average molecular weight is 411 g/mol. The monoisotopic (exact) mass is 411 g/mol. The van der Waals surface area contributed by atoms with Gasteiger partial charge in [-0.3, -0.25) is 9.59 Å². The highest BCUT2D eigenvalue weighted by atomic mass is 32.2. The second-order valence-electron chi connectivity index (χ2n) is 6.73. The Morgan fingerprint density at radius 2 is 1.97 bits per heavy atom. The Bertz CT molecular complexity index is 1010. The molecular formula is C22H21NO5S. The minimum atomic E-state index is -1.03. The number of nitrogens with zero attached hydrogens (tertiary/aromatic N) is 1. The van der Waals surface area contributed by atoms with Gasteiger partial charge < -0.3 is 9.84 Å². The van der Waals surface area contributed by atoms with E-state index >= 15 is 0 Å². The highest BCUT2D eigenvalue weighted by molar-refractivity contribution is 8.19. The molecule has 0 spiro atoms. The summed E-state index contributed by atoms with van der Waals surface area (Å²) < 4.78 is 5.50. The van der Waals surface area contributed by atoms with E-state index in [2.05, 4.69) is 0 Å². The molecule has 0 bridgehead atoms. The number of imide groups is 1. The zero-order chi connectivity index (χ0) is 21.1. The number of anilines is 1. The maximum atomic E-state index is 12.9. The van der Waals surface area contributed by atoms with Crippen LogP contribution in [0.25, 0.3) is 6.08 Å². The van der Waals surface area contributed by atoms with Crippen LogP contribution < -0.4 is 9.64 Å². The van der Waals surface area contributed by atoms with Crippen LogP contribution in [0.3, 0.4) is 0 Å². The summed E-state index contributed by atoms with van der Waals surface area (Å²) in [6.45, 7) is 5.49. The molecule has 29 heavy (non-hydrogen) atoms. The molecule has 6 nitrogen and oxygen atoms in total. The smallest absolute Gasteiger partial charge is 0.344 e. The van der Waals surface area contributed by atoms with Crippen LogP contribution in [0, 0.1) is 13.8 Å². The van der Waals surface area contributed by atoms with Gasteiger partial charge in [-0.25, -0.2) is 9.69 Å². The molecule has 0 saturated carbocycles. The third kappa shape index (κ3) is 4.51. The molecule has 0 aliphatic carbocycles. The van der Waals surface area contributed by atoms with Crippen molar-refractivity contribution in [1.82, 2.24) is 0 Å². The van der Waals surface area contributed by atoms with Crippen LogP contribution in [0.4, 0.5) is 10.5 Å². The summed E-state index contributed by atoms with van der Waals surface area (Å²) in [6.07, 6.45) is 1.00. The lowest BCUT2D eigenvalue weighted by molar-refractivity contribution is -0.145. The molecule has 2 aromatic carbocycles. The Labute approximate surface area is 173 Å². The summed E-state index contributed by atoms with van der Waals surface area (Å²) >= 11 is 0.879. The molecule has 2 aromatic rings. The SMILES string of the molecule is CCC(Oc1cccc(/C=C2/SC(=O)N(c3cc(C)ccc3C)C2=O)c1)C(=O)O. The number of hydrogen-bond donors (Lipinski definition) is 1. The van der Waals surface area contributed by atoms with Crippen molar-refractivity contribution in [2.45, 2.75) is 33.3 Å². The first-order chi connectivity index (χ1) is 13.8.